The summed E-state index contributed by atoms with van der Waals surface area (Å²) in [5.41, 5.74) is 3.33. The molecule has 1 saturated heterocycles. The average Bonchev–Trinajstić information content (AvgIpc) is 3.47. The molecule has 6 rings (SSSR count). The molecule has 1 aliphatic heterocycles. The Kier molecular flexibility index (Phi) is 7.01. The number of thiazole rings is 2. The van der Waals surface area contributed by atoms with Gasteiger partial charge in [0, 0.05) is 48.9 Å². The Morgan fingerprint density at radius 1 is 1.10 bits per heavy atom. The van der Waals surface area contributed by atoms with Crippen molar-refractivity contribution in [2.45, 2.75) is 32.4 Å². The Balaban J connectivity index is 1.20. The van der Waals surface area contributed by atoms with Crippen LogP contribution in [0.3, 0.4) is 0 Å². The minimum atomic E-state index is -1.17. The first kappa shape index (κ1) is 27.9. The number of hydrogen-bond donors (Lipinski definition) is 2. The van der Waals surface area contributed by atoms with Gasteiger partial charge in [0.05, 0.1) is 16.7 Å². The predicted octanol–water partition coefficient (Wildman–Crippen LogP) is 5.32. The standard InChI is InChI=1S/C29H26FN5O5S2/c1-14(36)23-25(42-26(33-23)21-12-41-13-31-21)27(37)35-10-18-19(11-35)24(18)40-22-9-16(29(2,3)34-28(38)39)8-20(32-22)15-4-6-17(30)7-5-15/h4-9,12-13,18-19,24,34H,10-11H2,1-3H3,(H,38,39)/t18-,19+,24?. The highest BCUT2D eigenvalue weighted by atomic mass is 32.1. The first-order chi connectivity index (χ1) is 20.0. The number of ether oxygens (including phenoxy) is 1. The van der Waals surface area contributed by atoms with Crippen LogP contribution in [0.15, 0.2) is 47.3 Å². The molecule has 1 unspecified atom stereocenters. The third-order valence-corrected chi connectivity index (χ3v) is 9.20. The fraction of sp³-hybridized carbons (Fsp3) is 0.310. The van der Waals surface area contributed by atoms with E-state index in [1.54, 1.807) is 48.5 Å². The fourth-order valence-corrected chi connectivity index (χ4v) is 6.92. The van der Waals surface area contributed by atoms with E-state index in [1.807, 2.05) is 5.38 Å². The van der Waals surface area contributed by atoms with Gasteiger partial charge in [0.1, 0.15) is 33.2 Å². The minimum absolute atomic E-state index is 0.0885. The van der Waals surface area contributed by atoms with Crippen molar-refractivity contribution in [3.8, 4) is 27.8 Å². The molecule has 0 spiro atoms. The zero-order valence-electron chi connectivity index (χ0n) is 22.8. The summed E-state index contributed by atoms with van der Waals surface area (Å²) in [4.78, 5) is 52.5. The van der Waals surface area contributed by atoms with Crippen LogP contribution in [0.5, 0.6) is 5.88 Å². The van der Waals surface area contributed by atoms with Gasteiger partial charge in [-0.15, -0.1) is 22.7 Å². The quantitative estimate of drug-likeness (QED) is 0.257. The molecule has 4 heterocycles. The molecule has 1 aliphatic carbocycles. The number of pyridine rings is 1. The first-order valence-electron chi connectivity index (χ1n) is 13.2. The van der Waals surface area contributed by atoms with Gasteiger partial charge in [-0.1, -0.05) is 0 Å². The number of Topliss-reactive ketones (excluding diaryl/α,β-unsaturated/α-hetero) is 1. The molecule has 3 atom stereocenters. The number of nitrogens with one attached hydrogen (secondary N) is 1. The molecular weight excluding hydrogens is 581 g/mol. The van der Waals surface area contributed by atoms with E-state index in [9.17, 15) is 23.9 Å². The number of piperidine rings is 1. The normalized spacial score (nSPS) is 19.3. The molecule has 3 aromatic heterocycles. The number of aromatic nitrogens is 3. The van der Waals surface area contributed by atoms with Gasteiger partial charge in [-0.25, -0.2) is 24.1 Å². The minimum Gasteiger partial charge on any atom is -0.474 e. The lowest BCUT2D eigenvalue weighted by atomic mass is 9.93. The number of likely N-dealkylation sites (tertiary alicyclic amines) is 1. The second kappa shape index (κ2) is 10.6. The van der Waals surface area contributed by atoms with Crippen molar-refractivity contribution in [1.82, 2.24) is 25.2 Å². The average molecular weight is 608 g/mol. The summed E-state index contributed by atoms with van der Waals surface area (Å²) >= 11 is 2.59. The number of benzene rings is 1. The number of carbonyl (C=O) groups excluding carboxylic acids is 2. The van der Waals surface area contributed by atoms with Crippen LogP contribution in [0.2, 0.25) is 0 Å². The van der Waals surface area contributed by atoms with E-state index in [-0.39, 0.29) is 41.1 Å². The molecule has 42 heavy (non-hydrogen) atoms. The molecule has 2 fully saturated rings. The smallest absolute Gasteiger partial charge is 0.405 e. The topological polar surface area (TPSA) is 135 Å². The van der Waals surface area contributed by atoms with Crippen molar-refractivity contribution in [2.24, 2.45) is 11.8 Å². The lowest BCUT2D eigenvalue weighted by Crippen LogP contribution is -2.40. The van der Waals surface area contributed by atoms with Crippen LogP contribution in [0.4, 0.5) is 9.18 Å². The van der Waals surface area contributed by atoms with Gasteiger partial charge < -0.3 is 20.1 Å². The Morgan fingerprint density at radius 2 is 1.81 bits per heavy atom. The molecule has 216 valence electrons. The van der Waals surface area contributed by atoms with E-state index in [4.69, 9.17) is 4.74 Å². The number of hydrogen-bond acceptors (Lipinski definition) is 9. The van der Waals surface area contributed by atoms with Crippen LogP contribution in [0.25, 0.3) is 22.0 Å². The summed E-state index contributed by atoms with van der Waals surface area (Å²) < 4.78 is 19.9. The van der Waals surface area contributed by atoms with Crippen molar-refractivity contribution in [3.63, 3.8) is 0 Å². The van der Waals surface area contributed by atoms with E-state index >= 15 is 0 Å². The maximum atomic E-state index is 13.6. The van der Waals surface area contributed by atoms with Crippen LogP contribution >= 0.6 is 22.7 Å². The van der Waals surface area contributed by atoms with Gasteiger partial charge in [-0.2, -0.15) is 0 Å². The number of rotatable bonds is 8. The van der Waals surface area contributed by atoms with E-state index in [0.717, 1.165) is 0 Å². The van der Waals surface area contributed by atoms with E-state index in [0.29, 0.717) is 51.4 Å². The second-order valence-electron chi connectivity index (χ2n) is 10.9. The molecule has 10 nitrogen and oxygen atoms in total. The van der Waals surface area contributed by atoms with Gasteiger partial charge in [-0.05, 0) is 49.7 Å². The Bertz CT molecular complexity index is 1680. The summed E-state index contributed by atoms with van der Waals surface area (Å²) in [7, 11) is 0. The van der Waals surface area contributed by atoms with Gasteiger partial charge in [0.15, 0.2) is 5.78 Å². The van der Waals surface area contributed by atoms with Crippen LogP contribution in [0.1, 0.15) is 46.5 Å². The van der Waals surface area contributed by atoms with Gasteiger partial charge in [-0.3, -0.25) is 9.59 Å². The number of carboxylic acid groups (broad SMARTS) is 1. The number of carbonyl (C=O) groups is 3. The summed E-state index contributed by atoms with van der Waals surface area (Å²) in [5, 5.41) is 14.2. The lowest BCUT2D eigenvalue weighted by molar-refractivity contribution is 0.0751. The van der Waals surface area contributed by atoms with E-state index < -0.39 is 11.6 Å². The molecule has 2 N–H and O–H groups in total. The second-order valence-corrected chi connectivity index (χ2v) is 12.6. The lowest BCUT2D eigenvalue weighted by Gasteiger charge is -2.26. The van der Waals surface area contributed by atoms with Crippen LogP contribution in [0, 0.1) is 17.7 Å². The van der Waals surface area contributed by atoms with Crippen LogP contribution < -0.4 is 10.1 Å². The van der Waals surface area contributed by atoms with E-state index in [2.05, 4.69) is 20.3 Å². The van der Waals surface area contributed by atoms with Crippen molar-refractivity contribution < 1.29 is 28.6 Å². The monoisotopic (exact) mass is 607 g/mol. The number of ketones is 1. The zero-order chi connectivity index (χ0) is 29.8. The van der Waals surface area contributed by atoms with Crippen LogP contribution in [-0.2, 0) is 5.54 Å². The molecule has 13 heteroatoms. The highest BCUT2D eigenvalue weighted by Crippen LogP contribution is 2.48. The van der Waals surface area contributed by atoms with Gasteiger partial charge in [0.25, 0.3) is 5.91 Å². The van der Waals surface area contributed by atoms with Gasteiger partial charge >= 0.3 is 6.09 Å². The highest BCUT2D eigenvalue weighted by Gasteiger charge is 2.59. The highest BCUT2D eigenvalue weighted by molar-refractivity contribution is 7.17. The fourth-order valence-electron chi connectivity index (χ4n) is 5.26. The number of nitrogens with zero attached hydrogens (tertiary/aromatic N) is 4. The summed E-state index contributed by atoms with van der Waals surface area (Å²) in [5.74, 6) is -0.387. The van der Waals surface area contributed by atoms with Crippen LogP contribution in [-0.4, -0.2) is 61.9 Å². The largest absolute Gasteiger partial charge is 0.474 e. The Morgan fingerprint density at radius 3 is 2.43 bits per heavy atom. The third-order valence-electron chi connectivity index (χ3n) is 7.55. The van der Waals surface area contributed by atoms with E-state index in [1.165, 1.54) is 41.7 Å². The molecule has 2 aliphatic rings. The molecule has 0 radical (unpaired) electrons. The molecule has 1 saturated carbocycles. The summed E-state index contributed by atoms with van der Waals surface area (Å²) in [6, 6.07) is 9.34. The number of halogens is 1. The van der Waals surface area contributed by atoms with Crippen molar-refractivity contribution in [1.29, 1.82) is 0 Å². The first-order valence-corrected chi connectivity index (χ1v) is 14.9. The summed E-state index contributed by atoms with van der Waals surface area (Å²) in [6.07, 6.45) is -1.34. The maximum absolute atomic E-state index is 13.6. The Hall–Kier alpha value is -4.23. The van der Waals surface area contributed by atoms with Crippen molar-refractivity contribution >= 4 is 40.5 Å². The summed E-state index contributed by atoms with van der Waals surface area (Å²) in [6.45, 7) is 5.80. The van der Waals surface area contributed by atoms with Crippen molar-refractivity contribution in [2.75, 3.05) is 13.1 Å². The molecule has 2 amide bonds. The molecular formula is C29H26FN5O5S2. The SMILES string of the molecule is CC(=O)c1nc(-c2cscn2)sc1C(=O)N1C[C@@H]2C(Oc3cc(C(C)(C)NC(=O)O)cc(-c4ccc(F)cc4)n3)[C@@H]2C1. The van der Waals surface area contributed by atoms with Gasteiger partial charge in [0.2, 0.25) is 5.88 Å². The Labute approximate surface area is 248 Å². The zero-order valence-corrected chi connectivity index (χ0v) is 24.5. The molecule has 4 aromatic rings. The number of amides is 2. The molecule has 0 bridgehead atoms. The predicted molar refractivity (Wildman–Crippen MR) is 154 cm³/mol. The number of fused-ring (bicyclic) bond motifs is 1. The van der Waals surface area contributed by atoms with Crippen molar-refractivity contribution in [3.05, 3.63) is 69.2 Å². The third kappa shape index (κ3) is 5.37. The maximum Gasteiger partial charge on any atom is 0.405 e. The molecule has 1 aromatic carbocycles.